The van der Waals surface area contributed by atoms with Crippen LogP contribution in [0.5, 0.6) is 0 Å². The van der Waals surface area contributed by atoms with E-state index >= 15 is 0 Å². The predicted molar refractivity (Wildman–Crippen MR) is 90.1 cm³/mol. The van der Waals surface area contributed by atoms with Crippen molar-refractivity contribution in [1.82, 2.24) is 15.5 Å². The molecule has 0 atom stereocenters. The Kier molecular flexibility index (Phi) is 10.5. The van der Waals surface area contributed by atoms with Crippen LogP contribution in [0, 0.1) is 0 Å². The highest BCUT2D eigenvalue weighted by Gasteiger charge is 2.18. The molecule has 0 saturated carbocycles. The minimum atomic E-state index is 0.296. The molecule has 0 bridgehead atoms. The Labute approximate surface area is 134 Å². The molecule has 6 heteroatoms. The molecular formula is C16H32N4O2. The Morgan fingerprint density at radius 1 is 1.27 bits per heavy atom. The molecule has 0 aromatic heterocycles. The maximum Gasteiger partial charge on any atom is 0.222 e. The second-order valence-corrected chi connectivity index (χ2v) is 5.58. The smallest absolute Gasteiger partial charge is 0.222 e. The summed E-state index contributed by atoms with van der Waals surface area (Å²) < 4.78 is 5.04. The topological polar surface area (TPSA) is 66.0 Å². The van der Waals surface area contributed by atoms with Gasteiger partial charge in [-0.05, 0) is 39.0 Å². The molecule has 1 amide bonds. The van der Waals surface area contributed by atoms with Crippen LogP contribution in [0.2, 0.25) is 0 Å². The lowest BCUT2D eigenvalue weighted by molar-refractivity contribution is -0.127. The van der Waals surface area contributed by atoms with Crippen molar-refractivity contribution in [2.45, 2.75) is 45.4 Å². The third-order valence-electron chi connectivity index (χ3n) is 3.69. The first-order valence-corrected chi connectivity index (χ1v) is 8.56. The predicted octanol–water partition coefficient (Wildman–Crippen LogP) is 1.37. The first-order chi connectivity index (χ1) is 10.8. The van der Waals surface area contributed by atoms with E-state index in [9.17, 15) is 4.79 Å². The van der Waals surface area contributed by atoms with Crippen molar-refractivity contribution in [3.05, 3.63) is 0 Å². The molecule has 1 saturated heterocycles. The molecule has 1 aliphatic heterocycles. The lowest BCUT2D eigenvalue weighted by Gasteiger charge is -2.15. The number of hydrogen-bond acceptors (Lipinski definition) is 3. The zero-order valence-corrected chi connectivity index (χ0v) is 14.2. The van der Waals surface area contributed by atoms with Gasteiger partial charge in [0.15, 0.2) is 5.96 Å². The summed E-state index contributed by atoms with van der Waals surface area (Å²) in [4.78, 5) is 18.0. The lowest BCUT2D eigenvalue weighted by atomic mass is 10.2. The molecule has 0 unspecified atom stereocenters. The quantitative estimate of drug-likeness (QED) is 0.343. The Hall–Kier alpha value is -1.30. The molecule has 0 aliphatic carbocycles. The lowest BCUT2D eigenvalue weighted by Crippen LogP contribution is -2.38. The molecule has 2 N–H and O–H groups in total. The zero-order chi connectivity index (χ0) is 16.0. The van der Waals surface area contributed by atoms with E-state index in [4.69, 9.17) is 4.74 Å². The van der Waals surface area contributed by atoms with Gasteiger partial charge in [-0.2, -0.15) is 0 Å². The fourth-order valence-corrected chi connectivity index (χ4v) is 2.49. The normalized spacial score (nSPS) is 15.5. The molecule has 0 aromatic carbocycles. The van der Waals surface area contributed by atoms with E-state index in [0.29, 0.717) is 5.91 Å². The second kappa shape index (κ2) is 12.3. The van der Waals surface area contributed by atoms with Gasteiger partial charge in [-0.3, -0.25) is 9.79 Å². The van der Waals surface area contributed by atoms with Crippen LogP contribution in [0.15, 0.2) is 4.99 Å². The van der Waals surface area contributed by atoms with Gasteiger partial charge in [-0.25, -0.2) is 0 Å². The molecule has 6 nitrogen and oxygen atoms in total. The Morgan fingerprint density at radius 2 is 2.14 bits per heavy atom. The number of aliphatic imine (C=N–C) groups is 1. The van der Waals surface area contributed by atoms with Gasteiger partial charge in [0.1, 0.15) is 0 Å². The van der Waals surface area contributed by atoms with E-state index in [1.807, 2.05) is 4.90 Å². The van der Waals surface area contributed by atoms with Gasteiger partial charge in [0.2, 0.25) is 5.91 Å². The summed E-state index contributed by atoms with van der Waals surface area (Å²) in [5.41, 5.74) is 0. The Morgan fingerprint density at radius 3 is 2.82 bits per heavy atom. The van der Waals surface area contributed by atoms with E-state index in [1.165, 1.54) is 0 Å². The molecule has 22 heavy (non-hydrogen) atoms. The number of nitrogens with zero attached hydrogens (tertiary/aromatic N) is 2. The first-order valence-electron chi connectivity index (χ1n) is 8.56. The number of carbonyl (C=O) groups excluding carboxylic acids is 1. The highest BCUT2D eigenvalue weighted by atomic mass is 16.5. The summed E-state index contributed by atoms with van der Waals surface area (Å²) in [6, 6.07) is 0. The maximum absolute atomic E-state index is 11.5. The van der Waals surface area contributed by atoms with Crippen LogP contribution in [0.1, 0.15) is 45.4 Å². The number of methoxy groups -OCH3 is 1. The first kappa shape index (κ1) is 18.7. The number of rotatable bonds is 11. The number of hydrogen-bond donors (Lipinski definition) is 2. The van der Waals surface area contributed by atoms with Crippen LogP contribution >= 0.6 is 0 Å². The average Bonchev–Trinajstić information content (AvgIpc) is 2.92. The molecule has 1 fully saturated rings. The summed E-state index contributed by atoms with van der Waals surface area (Å²) in [6.07, 6.45) is 6.05. The van der Waals surface area contributed by atoms with E-state index in [2.05, 4.69) is 22.5 Å². The molecule has 0 radical (unpaired) electrons. The van der Waals surface area contributed by atoms with E-state index < -0.39 is 0 Å². The van der Waals surface area contributed by atoms with Gasteiger partial charge in [-0.15, -0.1) is 0 Å². The van der Waals surface area contributed by atoms with Crippen LogP contribution in [0.3, 0.4) is 0 Å². The van der Waals surface area contributed by atoms with Crippen molar-refractivity contribution in [2.75, 3.05) is 46.4 Å². The van der Waals surface area contributed by atoms with E-state index in [1.54, 1.807) is 7.11 Å². The van der Waals surface area contributed by atoms with Crippen LogP contribution in [0.25, 0.3) is 0 Å². The summed E-state index contributed by atoms with van der Waals surface area (Å²) in [6.45, 7) is 7.20. The largest absolute Gasteiger partial charge is 0.385 e. The highest BCUT2D eigenvalue weighted by molar-refractivity contribution is 5.79. The van der Waals surface area contributed by atoms with Crippen molar-refractivity contribution in [1.29, 1.82) is 0 Å². The summed E-state index contributed by atoms with van der Waals surface area (Å²) >= 11 is 0. The average molecular weight is 312 g/mol. The fourth-order valence-electron chi connectivity index (χ4n) is 2.49. The number of ether oxygens (including phenoxy) is 1. The molecule has 0 aromatic rings. The van der Waals surface area contributed by atoms with Crippen molar-refractivity contribution < 1.29 is 9.53 Å². The molecule has 128 valence electrons. The van der Waals surface area contributed by atoms with Crippen LogP contribution in [0.4, 0.5) is 0 Å². The summed E-state index contributed by atoms with van der Waals surface area (Å²) in [5, 5.41) is 6.61. The van der Waals surface area contributed by atoms with Gasteiger partial charge >= 0.3 is 0 Å². The summed E-state index contributed by atoms with van der Waals surface area (Å²) in [5.74, 6) is 1.17. The number of likely N-dealkylation sites (tertiary alicyclic amines) is 1. The number of guanidine groups is 1. The third kappa shape index (κ3) is 8.22. The van der Waals surface area contributed by atoms with Crippen LogP contribution < -0.4 is 10.6 Å². The second-order valence-electron chi connectivity index (χ2n) is 5.58. The number of nitrogens with one attached hydrogen (secondary N) is 2. The van der Waals surface area contributed by atoms with Gasteiger partial charge in [0, 0.05) is 52.9 Å². The maximum atomic E-state index is 11.5. The molecule has 1 aliphatic rings. The van der Waals surface area contributed by atoms with Gasteiger partial charge < -0.3 is 20.3 Å². The van der Waals surface area contributed by atoms with Crippen LogP contribution in [-0.2, 0) is 9.53 Å². The number of carbonyl (C=O) groups is 1. The van der Waals surface area contributed by atoms with Crippen molar-refractivity contribution in [3.63, 3.8) is 0 Å². The van der Waals surface area contributed by atoms with Crippen molar-refractivity contribution in [2.24, 2.45) is 4.99 Å². The standard InChI is InChI=1S/C16H32N4O2/c1-3-17-16(18-10-5-4-6-14-22-2)19-11-8-13-20-12-7-9-15(20)21/h3-14H2,1-2H3,(H2,17,18,19). The monoisotopic (exact) mass is 312 g/mol. The summed E-state index contributed by atoms with van der Waals surface area (Å²) in [7, 11) is 1.74. The number of unbranched alkanes of at least 4 members (excludes halogenated alkanes) is 2. The van der Waals surface area contributed by atoms with Crippen molar-refractivity contribution in [3.8, 4) is 0 Å². The third-order valence-corrected chi connectivity index (χ3v) is 3.69. The van der Waals surface area contributed by atoms with Crippen molar-refractivity contribution >= 4 is 11.9 Å². The molecular weight excluding hydrogens is 280 g/mol. The van der Waals surface area contributed by atoms with E-state index in [0.717, 1.165) is 83.8 Å². The fraction of sp³-hybridized carbons (Fsp3) is 0.875. The number of amides is 1. The molecule has 1 rings (SSSR count). The molecule has 0 spiro atoms. The minimum Gasteiger partial charge on any atom is -0.385 e. The van der Waals surface area contributed by atoms with Gasteiger partial charge in [0.05, 0.1) is 0 Å². The van der Waals surface area contributed by atoms with Gasteiger partial charge in [-0.1, -0.05) is 0 Å². The van der Waals surface area contributed by atoms with E-state index in [-0.39, 0.29) is 0 Å². The zero-order valence-electron chi connectivity index (χ0n) is 14.2. The SMILES string of the molecule is CCNC(=NCCCN1CCCC1=O)NCCCCCOC. The van der Waals surface area contributed by atoms with Crippen LogP contribution in [-0.4, -0.2) is 63.2 Å². The minimum absolute atomic E-state index is 0.296. The Balaban J connectivity index is 2.13. The Bertz CT molecular complexity index is 334. The molecule has 1 heterocycles. The highest BCUT2D eigenvalue weighted by Crippen LogP contribution is 2.09. The van der Waals surface area contributed by atoms with Gasteiger partial charge in [0.25, 0.3) is 0 Å².